The van der Waals surface area contributed by atoms with Crippen molar-refractivity contribution >= 4 is 37.5 Å². The van der Waals surface area contributed by atoms with E-state index < -0.39 is 37.5 Å². The Balaban J connectivity index is 5.22. The van der Waals surface area contributed by atoms with Gasteiger partial charge in [0.1, 0.15) is 0 Å². The summed E-state index contributed by atoms with van der Waals surface area (Å²) in [7, 11) is 0. The Bertz CT molecular complexity index is 554. The van der Waals surface area contributed by atoms with Crippen molar-refractivity contribution in [2.45, 2.75) is 162 Å². The van der Waals surface area contributed by atoms with Crippen LogP contribution in [0, 0.1) is 17.8 Å². The molecule has 0 saturated heterocycles. The molecule has 0 bridgehead atoms. The molecule has 0 aliphatic carbocycles. The average molecular weight is 648 g/mol. The van der Waals surface area contributed by atoms with E-state index in [9.17, 15) is 14.4 Å². The number of carbonyl (C=O) groups is 3. The Hall–Kier alpha value is -0.791. The Morgan fingerprint density at radius 3 is 0.974 bits per heavy atom. The van der Waals surface area contributed by atoms with Gasteiger partial charge < -0.3 is 0 Å². The van der Waals surface area contributed by atoms with Gasteiger partial charge >= 0.3 is 241 Å². The predicted octanol–water partition coefficient (Wildman–Crippen LogP) is 9.17. The monoisotopic (exact) mass is 648 g/mol. The molecule has 0 saturated carbocycles. The summed E-state index contributed by atoms with van der Waals surface area (Å²) in [6.45, 7) is 12.9. The number of hydrogen-bond donors (Lipinski definition) is 0. The zero-order valence-electron chi connectivity index (χ0n) is 25.9. The molecule has 0 heterocycles. The number of rotatable bonds is 24. The van der Waals surface area contributed by atoms with E-state index in [4.69, 9.17) is 9.22 Å². The van der Waals surface area contributed by atoms with Crippen molar-refractivity contribution in [3.05, 3.63) is 0 Å². The van der Waals surface area contributed by atoms with Crippen LogP contribution in [-0.4, -0.2) is 37.5 Å². The molecular weight excluding hydrogens is 587 g/mol. The number of carbonyl (C=O) groups excluding carboxylic acids is 3. The third kappa shape index (κ3) is 18.5. The van der Waals surface area contributed by atoms with Crippen molar-refractivity contribution in [3.63, 3.8) is 0 Å². The Morgan fingerprint density at radius 2 is 0.763 bits per heavy atom. The summed E-state index contributed by atoms with van der Waals surface area (Å²) in [6.07, 6.45) is 16.2. The first-order valence-electron chi connectivity index (χ1n) is 15.8. The zero-order chi connectivity index (χ0) is 28.8. The minimum absolute atomic E-state index is 0.258. The molecule has 0 fully saturated rings. The van der Waals surface area contributed by atoms with Gasteiger partial charge in [-0.25, -0.2) is 0 Å². The van der Waals surface area contributed by atoms with E-state index in [1.165, 1.54) is 0 Å². The van der Waals surface area contributed by atoms with Crippen LogP contribution in [0.3, 0.4) is 0 Å². The number of hydrogen-bond acceptors (Lipinski definition) is 6. The van der Waals surface area contributed by atoms with Crippen LogP contribution >= 0.6 is 0 Å². The fourth-order valence-electron chi connectivity index (χ4n) is 4.94. The third-order valence-corrected chi connectivity index (χ3v) is 12.9. The summed E-state index contributed by atoms with van der Waals surface area (Å²) in [6, 6.07) is 0. The molecule has 0 aromatic heterocycles. The molecule has 0 aromatic rings. The fourth-order valence-corrected chi connectivity index (χ4v) is 9.71. The van der Waals surface area contributed by atoms with Gasteiger partial charge in [0.15, 0.2) is 0 Å². The van der Waals surface area contributed by atoms with Gasteiger partial charge in [-0.05, 0) is 0 Å². The standard InChI is InChI=1S/3C10H20O2.CH3.Sn/c3*1-3-5-6-9(4-2)7-8-10(11)12;;/h3*9H,3-8H2,1-2H3,(H,11,12);1H3;/q;;;;+3/p-3. The van der Waals surface area contributed by atoms with Crippen LogP contribution in [0.5, 0.6) is 0 Å². The van der Waals surface area contributed by atoms with E-state index in [0.29, 0.717) is 17.8 Å². The maximum atomic E-state index is 12.8. The molecule has 0 amide bonds. The maximum absolute atomic E-state index is 12.8. The van der Waals surface area contributed by atoms with Gasteiger partial charge in [0.25, 0.3) is 0 Å². The molecule has 0 radical (unpaired) electrons. The second kappa shape index (κ2) is 23.0. The van der Waals surface area contributed by atoms with Crippen LogP contribution < -0.4 is 0 Å². The molecule has 3 atom stereocenters. The molecule has 6 nitrogen and oxygen atoms in total. The first-order chi connectivity index (χ1) is 18.2. The van der Waals surface area contributed by atoms with E-state index in [1.807, 2.05) is 0 Å². The quantitative estimate of drug-likeness (QED) is 0.0973. The van der Waals surface area contributed by atoms with Gasteiger partial charge in [-0.2, -0.15) is 0 Å². The van der Waals surface area contributed by atoms with Crippen LogP contribution in [0.15, 0.2) is 0 Å². The van der Waals surface area contributed by atoms with Crippen LogP contribution in [0.25, 0.3) is 0 Å². The summed E-state index contributed by atoms with van der Waals surface area (Å²) in [5, 5.41) is 0. The molecule has 0 aliphatic heterocycles. The summed E-state index contributed by atoms with van der Waals surface area (Å²) < 4.78 is 17.3. The van der Waals surface area contributed by atoms with Crippen molar-refractivity contribution < 1.29 is 23.6 Å². The van der Waals surface area contributed by atoms with Crippen molar-refractivity contribution in [3.8, 4) is 0 Å². The van der Waals surface area contributed by atoms with Crippen molar-refractivity contribution in [1.82, 2.24) is 0 Å². The number of unbranched alkanes of at least 4 members (excludes halogenated alkanes) is 3. The normalized spacial score (nSPS) is 15.2. The Morgan fingerprint density at radius 1 is 0.500 bits per heavy atom. The topological polar surface area (TPSA) is 78.9 Å². The van der Waals surface area contributed by atoms with E-state index in [1.54, 1.807) is 4.94 Å². The fraction of sp³-hybridized carbons (Fsp3) is 0.903. The van der Waals surface area contributed by atoms with Gasteiger partial charge in [0.05, 0.1) is 0 Å². The molecule has 0 spiro atoms. The summed E-state index contributed by atoms with van der Waals surface area (Å²) >= 11 is -4.72. The second-order valence-corrected chi connectivity index (χ2v) is 17.8. The van der Waals surface area contributed by atoms with Gasteiger partial charge in [-0.3, -0.25) is 0 Å². The molecule has 7 heteroatoms. The molecule has 0 rings (SSSR count). The molecular formula is C31H60O6Sn. The van der Waals surface area contributed by atoms with Gasteiger partial charge in [-0.1, -0.05) is 0 Å². The van der Waals surface area contributed by atoms with Crippen LogP contribution in [0.2, 0.25) is 4.94 Å². The average Bonchev–Trinajstić information content (AvgIpc) is 2.88. The first-order valence-corrected chi connectivity index (χ1v) is 22.2. The summed E-state index contributed by atoms with van der Waals surface area (Å²) in [4.78, 5) is 40.1. The van der Waals surface area contributed by atoms with Crippen LogP contribution in [0.1, 0.15) is 157 Å². The molecule has 38 heavy (non-hydrogen) atoms. The molecule has 0 aliphatic rings. The van der Waals surface area contributed by atoms with Gasteiger partial charge in [0.2, 0.25) is 0 Å². The second-order valence-electron chi connectivity index (χ2n) is 11.2. The van der Waals surface area contributed by atoms with Crippen LogP contribution in [0.4, 0.5) is 0 Å². The summed E-state index contributed by atoms with van der Waals surface area (Å²) in [5.74, 6) is 0.166. The van der Waals surface area contributed by atoms with Crippen molar-refractivity contribution in [2.24, 2.45) is 17.8 Å². The first kappa shape index (κ1) is 37.2. The Kier molecular flexibility index (Phi) is 22.5. The van der Waals surface area contributed by atoms with E-state index in [0.717, 1.165) is 96.3 Å². The molecule has 0 N–H and O–H groups in total. The minimum atomic E-state index is -4.72. The van der Waals surface area contributed by atoms with Crippen LogP contribution in [-0.2, 0) is 23.6 Å². The van der Waals surface area contributed by atoms with Gasteiger partial charge in [0, 0.05) is 0 Å². The molecule has 224 valence electrons. The van der Waals surface area contributed by atoms with Crippen molar-refractivity contribution in [2.75, 3.05) is 0 Å². The predicted molar refractivity (Wildman–Crippen MR) is 158 cm³/mol. The van der Waals surface area contributed by atoms with E-state index in [-0.39, 0.29) is 19.3 Å². The summed E-state index contributed by atoms with van der Waals surface area (Å²) in [5.41, 5.74) is 0. The van der Waals surface area contributed by atoms with E-state index >= 15 is 0 Å². The molecule has 0 aromatic carbocycles. The zero-order valence-corrected chi connectivity index (χ0v) is 28.8. The Labute approximate surface area is 240 Å². The van der Waals surface area contributed by atoms with Crippen molar-refractivity contribution in [1.29, 1.82) is 0 Å². The molecule has 3 unspecified atom stereocenters. The SMILES string of the molecule is CCCCC(CC)CCC(=O)[O][Sn]([CH3])([O]C(=O)CCC(CC)CCCC)[O]C(=O)CCC(CC)CCCC. The van der Waals surface area contributed by atoms with Gasteiger partial charge in [-0.15, -0.1) is 0 Å². The third-order valence-electron chi connectivity index (χ3n) is 7.80. The van der Waals surface area contributed by atoms with E-state index in [2.05, 4.69) is 41.5 Å².